The maximum absolute atomic E-state index is 13.2. The van der Waals surface area contributed by atoms with Crippen LogP contribution in [-0.4, -0.2) is 26.4 Å². The average molecular weight is 503 g/mol. The molecule has 1 N–H and O–H groups in total. The number of hydrogen-bond acceptors (Lipinski definition) is 4. The molecule has 5 nitrogen and oxygen atoms in total. The predicted molar refractivity (Wildman–Crippen MR) is 127 cm³/mol. The van der Waals surface area contributed by atoms with E-state index in [0.717, 1.165) is 34.6 Å². The van der Waals surface area contributed by atoms with Crippen molar-refractivity contribution in [2.75, 3.05) is 11.1 Å². The van der Waals surface area contributed by atoms with Gasteiger partial charge in [0.1, 0.15) is 0 Å². The highest BCUT2D eigenvalue weighted by Crippen LogP contribution is 2.35. The summed E-state index contributed by atoms with van der Waals surface area (Å²) < 4.78 is 41.5. The Hall–Kier alpha value is -3.30. The smallest absolute Gasteiger partial charge is 0.325 e. The van der Waals surface area contributed by atoms with E-state index in [1.165, 1.54) is 18.2 Å². The minimum atomic E-state index is -4.57. The molecular weight excluding hydrogens is 485 g/mol. The minimum Gasteiger partial charge on any atom is -0.325 e. The average Bonchev–Trinajstić information content (AvgIpc) is 3.22. The van der Waals surface area contributed by atoms with Gasteiger partial charge in [0.25, 0.3) is 0 Å². The van der Waals surface area contributed by atoms with E-state index in [0.29, 0.717) is 16.0 Å². The van der Waals surface area contributed by atoms with Crippen LogP contribution in [0.3, 0.4) is 0 Å². The monoisotopic (exact) mass is 502 g/mol. The highest BCUT2D eigenvalue weighted by atomic mass is 35.5. The summed E-state index contributed by atoms with van der Waals surface area (Å²) in [4.78, 5) is 12.5. The van der Waals surface area contributed by atoms with E-state index >= 15 is 0 Å². The van der Waals surface area contributed by atoms with Crippen molar-refractivity contribution in [1.29, 1.82) is 0 Å². The molecule has 0 atom stereocenters. The van der Waals surface area contributed by atoms with Gasteiger partial charge < -0.3 is 5.32 Å². The molecule has 4 aromatic rings. The second-order valence-corrected chi connectivity index (χ2v) is 8.75. The number of carbonyl (C=O) groups is 1. The van der Waals surface area contributed by atoms with Crippen molar-refractivity contribution in [2.45, 2.75) is 18.3 Å². The lowest BCUT2D eigenvalue weighted by Crippen LogP contribution is -2.18. The second-order valence-electron chi connectivity index (χ2n) is 7.37. The Morgan fingerprint density at radius 1 is 1.03 bits per heavy atom. The van der Waals surface area contributed by atoms with Crippen molar-refractivity contribution in [3.63, 3.8) is 0 Å². The standard InChI is InChI=1S/C24H18ClF3N4OS/c1-15-9-11-18(12-10-15)32-22(16-5-4-6-17(25)13-16)30-31-23(32)34-14-21(33)29-20-8-3-2-7-19(20)24(26,27)28/h2-13H,14H2,1H3,(H,29,33). The van der Waals surface area contributed by atoms with Crippen molar-refractivity contribution < 1.29 is 18.0 Å². The largest absolute Gasteiger partial charge is 0.418 e. The summed E-state index contributed by atoms with van der Waals surface area (Å²) in [5.41, 5.74) is 1.38. The fourth-order valence-corrected chi connectivity index (χ4v) is 4.20. The Kier molecular flexibility index (Phi) is 6.95. The number of nitrogens with zero attached hydrogens (tertiary/aromatic N) is 3. The molecule has 0 fully saturated rings. The molecule has 1 amide bonds. The van der Waals surface area contributed by atoms with Crippen LogP contribution in [0.5, 0.6) is 0 Å². The van der Waals surface area contributed by atoms with Gasteiger partial charge in [0.2, 0.25) is 5.91 Å². The predicted octanol–water partition coefficient (Wildman–Crippen LogP) is 6.65. The lowest BCUT2D eigenvalue weighted by molar-refractivity contribution is -0.137. The first-order valence-corrected chi connectivity index (χ1v) is 11.5. The number of aryl methyl sites for hydroxylation is 1. The van der Waals surface area contributed by atoms with E-state index in [9.17, 15) is 18.0 Å². The molecule has 0 radical (unpaired) electrons. The third kappa shape index (κ3) is 5.43. The fourth-order valence-electron chi connectivity index (χ4n) is 3.26. The van der Waals surface area contributed by atoms with E-state index in [4.69, 9.17) is 11.6 Å². The highest BCUT2D eigenvalue weighted by molar-refractivity contribution is 7.99. The first-order chi connectivity index (χ1) is 16.2. The summed E-state index contributed by atoms with van der Waals surface area (Å²) in [6, 6.07) is 19.7. The van der Waals surface area contributed by atoms with E-state index < -0.39 is 17.6 Å². The quantitative estimate of drug-likeness (QED) is 0.300. The summed E-state index contributed by atoms with van der Waals surface area (Å²) in [5, 5.41) is 11.8. The van der Waals surface area contributed by atoms with Gasteiger partial charge >= 0.3 is 6.18 Å². The number of halogens is 4. The number of amides is 1. The van der Waals surface area contributed by atoms with Gasteiger partial charge in [0, 0.05) is 16.3 Å². The molecule has 10 heteroatoms. The van der Waals surface area contributed by atoms with Gasteiger partial charge in [0.15, 0.2) is 11.0 Å². The molecule has 0 aliphatic rings. The lowest BCUT2D eigenvalue weighted by atomic mass is 10.1. The number of thioether (sulfide) groups is 1. The summed E-state index contributed by atoms with van der Waals surface area (Å²) >= 11 is 7.22. The number of rotatable bonds is 6. The summed E-state index contributed by atoms with van der Waals surface area (Å²) in [6.07, 6.45) is -4.57. The SMILES string of the molecule is Cc1ccc(-n2c(SCC(=O)Nc3ccccc3C(F)(F)F)nnc2-c2cccc(Cl)c2)cc1. The van der Waals surface area contributed by atoms with Crippen LogP contribution in [0, 0.1) is 6.92 Å². The molecule has 0 unspecified atom stereocenters. The van der Waals surface area contributed by atoms with Gasteiger partial charge in [-0.2, -0.15) is 13.2 Å². The molecule has 0 aliphatic carbocycles. The zero-order valence-electron chi connectivity index (χ0n) is 17.8. The zero-order valence-corrected chi connectivity index (χ0v) is 19.4. The topological polar surface area (TPSA) is 59.8 Å². The number of carbonyl (C=O) groups excluding carboxylic acids is 1. The number of alkyl halides is 3. The molecular formula is C24H18ClF3N4OS. The van der Waals surface area contributed by atoms with E-state index in [-0.39, 0.29) is 11.4 Å². The summed E-state index contributed by atoms with van der Waals surface area (Å²) in [5.74, 6) is -0.229. The minimum absolute atomic E-state index is 0.161. The molecule has 1 heterocycles. The van der Waals surface area contributed by atoms with Crippen LogP contribution in [0.25, 0.3) is 17.1 Å². The van der Waals surface area contributed by atoms with E-state index in [1.807, 2.05) is 37.3 Å². The Morgan fingerprint density at radius 3 is 2.47 bits per heavy atom. The maximum atomic E-state index is 13.2. The number of benzene rings is 3. The summed E-state index contributed by atoms with van der Waals surface area (Å²) in [6.45, 7) is 1.96. The van der Waals surface area contributed by atoms with Crippen molar-refractivity contribution in [3.05, 3.63) is 88.9 Å². The molecule has 0 spiro atoms. The first-order valence-electron chi connectivity index (χ1n) is 10.1. The third-order valence-electron chi connectivity index (χ3n) is 4.85. The lowest BCUT2D eigenvalue weighted by Gasteiger charge is -2.14. The van der Waals surface area contributed by atoms with Gasteiger partial charge in [-0.1, -0.05) is 65.3 Å². The third-order valence-corrected chi connectivity index (χ3v) is 6.01. The molecule has 0 saturated heterocycles. The van der Waals surface area contributed by atoms with E-state index in [2.05, 4.69) is 15.5 Å². The fraction of sp³-hybridized carbons (Fsp3) is 0.125. The molecule has 0 bridgehead atoms. The van der Waals surface area contributed by atoms with Crippen LogP contribution < -0.4 is 5.32 Å². The van der Waals surface area contributed by atoms with Gasteiger partial charge in [0.05, 0.1) is 17.0 Å². The first kappa shape index (κ1) is 23.8. The number of para-hydroxylation sites is 1. The molecule has 4 rings (SSSR count). The summed E-state index contributed by atoms with van der Waals surface area (Å²) in [7, 11) is 0. The number of anilines is 1. The van der Waals surface area contributed by atoms with Crippen LogP contribution in [0.15, 0.2) is 78.0 Å². The maximum Gasteiger partial charge on any atom is 0.418 e. The van der Waals surface area contributed by atoms with Crippen LogP contribution >= 0.6 is 23.4 Å². The molecule has 34 heavy (non-hydrogen) atoms. The van der Waals surface area contributed by atoms with Crippen LogP contribution in [0.4, 0.5) is 18.9 Å². The zero-order chi connectivity index (χ0) is 24.3. The molecule has 1 aromatic heterocycles. The van der Waals surface area contributed by atoms with Crippen molar-refractivity contribution in [1.82, 2.24) is 14.8 Å². The van der Waals surface area contributed by atoms with Crippen molar-refractivity contribution >= 4 is 35.0 Å². The number of hydrogen-bond donors (Lipinski definition) is 1. The Balaban J connectivity index is 1.60. The normalized spacial score (nSPS) is 11.4. The van der Waals surface area contributed by atoms with Gasteiger partial charge in [-0.25, -0.2) is 0 Å². The molecule has 0 aliphatic heterocycles. The van der Waals surface area contributed by atoms with E-state index in [1.54, 1.807) is 22.8 Å². The van der Waals surface area contributed by atoms with Crippen LogP contribution in [0.2, 0.25) is 5.02 Å². The van der Waals surface area contributed by atoms with Crippen LogP contribution in [0.1, 0.15) is 11.1 Å². The molecule has 0 saturated carbocycles. The Bertz CT molecular complexity index is 1320. The Morgan fingerprint density at radius 2 is 1.76 bits per heavy atom. The number of nitrogens with one attached hydrogen (secondary N) is 1. The van der Waals surface area contributed by atoms with Crippen LogP contribution in [-0.2, 0) is 11.0 Å². The molecule has 3 aromatic carbocycles. The van der Waals surface area contributed by atoms with Crippen molar-refractivity contribution in [3.8, 4) is 17.1 Å². The van der Waals surface area contributed by atoms with Crippen molar-refractivity contribution in [2.24, 2.45) is 0 Å². The highest BCUT2D eigenvalue weighted by Gasteiger charge is 2.33. The van der Waals surface area contributed by atoms with Gasteiger partial charge in [-0.15, -0.1) is 10.2 Å². The second kappa shape index (κ2) is 9.90. The van der Waals surface area contributed by atoms with Gasteiger partial charge in [-0.05, 0) is 43.3 Å². The Labute approximate surface area is 203 Å². The van der Waals surface area contributed by atoms with Gasteiger partial charge in [-0.3, -0.25) is 9.36 Å². The molecule has 174 valence electrons. The number of aromatic nitrogens is 3.